The van der Waals surface area contributed by atoms with Crippen molar-refractivity contribution in [3.8, 4) is 11.3 Å². The number of nitrogens with zero attached hydrogens (tertiary/aromatic N) is 2. The molecule has 4 rings (SSSR count). The van der Waals surface area contributed by atoms with Crippen molar-refractivity contribution in [3.05, 3.63) is 90.3 Å². The van der Waals surface area contributed by atoms with Crippen LogP contribution in [-0.2, 0) is 0 Å². The van der Waals surface area contributed by atoms with E-state index in [0.29, 0.717) is 11.4 Å². The fraction of sp³-hybridized carbons (Fsp3) is 0.0800. The highest BCUT2D eigenvalue weighted by atomic mass is 16.1. The van der Waals surface area contributed by atoms with Crippen LogP contribution in [0.4, 0.5) is 0 Å². The van der Waals surface area contributed by atoms with E-state index in [1.54, 1.807) is 0 Å². The molecule has 0 saturated carbocycles. The van der Waals surface area contributed by atoms with E-state index in [1.165, 1.54) is 0 Å². The molecule has 0 aliphatic rings. The summed E-state index contributed by atoms with van der Waals surface area (Å²) >= 11 is 0. The molecule has 0 saturated heterocycles. The molecule has 28 heavy (non-hydrogen) atoms. The van der Waals surface area contributed by atoms with Crippen molar-refractivity contribution in [1.82, 2.24) is 9.97 Å². The minimum atomic E-state index is 0.649. The van der Waals surface area contributed by atoms with Crippen molar-refractivity contribution in [1.29, 1.82) is 0 Å². The molecule has 0 aliphatic carbocycles. The normalized spacial score (nSPS) is 12.1. The van der Waals surface area contributed by atoms with Crippen LogP contribution in [-0.4, -0.2) is 16.3 Å². The number of hydrogen-bond donors (Lipinski definition) is 0. The summed E-state index contributed by atoms with van der Waals surface area (Å²) in [5.74, 6) is 0.693. The van der Waals surface area contributed by atoms with Gasteiger partial charge in [0.15, 0.2) is 5.82 Å². The summed E-state index contributed by atoms with van der Waals surface area (Å²) in [6, 6.07) is 20.0. The molecule has 0 fully saturated rings. The van der Waals surface area contributed by atoms with Crippen molar-refractivity contribution in [2.75, 3.05) is 0 Å². The molecule has 0 unspecified atom stereocenters. The van der Waals surface area contributed by atoms with Crippen LogP contribution >= 0.6 is 0 Å². The van der Waals surface area contributed by atoms with Crippen molar-refractivity contribution in [2.24, 2.45) is 0 Å². The van der Waals surface area contributed by atoms with Crippen LogP contribution in [0.5, 0.6) is 0 Å². The zero-order valence-electron chi connectivity index (χ0n) is 15.9. The van der Waals surface area contributed by atoms with E-state index in [2.05, 4.69) is 24.3 Å². The highest BCUT2D eigenvalue weighted by Gasteiger charge is 2.13. The van der Waals surface area contributed by atoms with Gasteiger partial charge in [0.25, 0.3) is 0 Å². The summed E-state index contributed by atoms with van der Waals surface area (Å²) < 4.78 is 0. The van der Waals surface area contributed by atoms with Crippen molar-refractivity contribution >= 4 is 33.5 Å². The van der Waals surface area contributed by atoms with Gasteiger partial charge in [0.2, 0.25) is 0 Å². The number of hydrogen-bond acceptors (Lipinski definition) is 3. The predicted molar refractivity (Wildman–Crippen MR) is 116 cm³/mol. The second-order valence-electron chi connectivity index (χ2n) is 6.56. The lowest BCUT2D eigenvalue weighted by Crippen LogP contribution is -1.98. The molecule has 0 bridgehead atoms. The molecule has 1 heterocycles. The summed E-state index contributed by atoms with van der Waals surface area (Å²) in [6.07, 6.45) is 6.88. The monoisotopic (exact) mass is 364 g/mol. The number of fused-ring (bicyclic) bond motifs is 3. The number of carbonyl (C=O) groups excluding carboxylic acids is 1. The van der Waals surface area contributed by atoms with Gasteiger partial charge in [-0.3, -0.25) is 4.79 Å². The molecule has 0 N–H and O–H groups in total. The minimum Gasteiger partial charge on any atom is -0.298 e. The van der Waals surface area contributed by atoms with Gasteiger partial charge in [0.05, 0.1) is 11.2 Å². The van der Waals surface area contributed by atoms with Gasteiger partial charge >= 0.3 is 0 Å². The molecular formula is C25H20N2O. The molecule has 3 nitrogen and oxygen atoms in total. The number of rotatable bonds is 4. The van der Waals surface area contributed by atoms with E-state index in [1.807, 2.05) is 68.5 Å². The fourth-order valence-electron chi connectivity index (χ4n) is 3.41. The van der Waals surface area contributed by atoms with Gasteiger partial charge in [-0.15, -0.1) is 0 Å². The Morgan fingerprint density at radius 1 is 0.857 bits per heavy atom. The molecule has 0 amide bonds. The van der Waals surface area contributed by atoms with E-state index in [0.717, 1.165) is 44.8 Å². The molecule has 3 heteroatoms. The van der Waals surface area contributed by atoms with Crippen molar-refractivity contribution < 1.29 is 4.79 Å². The highest BCUT2D eigenvalue weighted by Crippen LogP contribution is 2.32. The Labute approximate surface area is 164 Å². The third-order valence-electron chi connectivity index (χ3n) is 4.83. The maximum atomic E-state index is 11.0. The Hall–Kier alpha value is -3.59. The Bertz CT molecular complexity index is 1230. The minimum absolute atomic E-state index is 0.649. The largest absolute Gasteiger partial charge is 0.298 e. The van der Waals surface area contributed by atoms with Crippen LogP contribution in [0.3, 0.4) is 0 Å². The number of allylic oxidation sites excluding steroid dienone is 4. The van der Waals surface area contributed by atoms with E-state index in [-0.39, 0.29) is 0 Å². The van der Waals surface area contributed by atoms with Gasteiger partial charge in [0, 0.05) is 27.5 Å². The van der Waals surface area contributed by atoms with Crippen LogP contribution in [0, 0.1) is 0 Å². The molecule has 0 atom stereocenters. The zero-order valence-corrected chi connectivity index (χ0v) is 15.9. The lowest BCUT2D eigenvalue weighted by molar-refractivity contribution is 0.112. The molecule has 0 spiro atoms. The van der Waals surface area contributed by atoms with E-state index < -0.39 is 0 Å². The highest BCUT2D eigenvalue weighted by molar-refractivity contribution is 6.09. The Morgan fingerprint density at radius 3 is 2.36 bits per heavy atom. The van der Waals surface area contributed by atoms with Crippen LogP contribution in [0.2, 0.25) is 0 Å². The zero-order chi connectivity index (χ0) is 19.5. The lowest BCUT2D eigenvalue weighted by Gasteiger charge is -2.12. The maximum absolute atomic E-state index is 11.0. The summed E-state index contributed by atoms with van der Waals surface area (Å²) in [4.78, 5) is 20.9. The molecule has 0 aliphatic heterocycles. The van der Waals surface area contributed by atoms with Gasteiger partial charge in [-0.1, -0.05) is 72.8 Å². The van der Waals surface area contributed by atoms with Crippen LogP contribution < -0.4 is 0 Å². The third kappa shape index (κ3) is 3.12. The van der Waals surface area contributed by atoms with Gasteiger partial charge in [0.1, 0.15) is 6.29 Å². The lowest BCUT2D eigenvalue weighted by atomic mass is 10.0. The summed E-state index contributed by atoms with van der Waals surface area (Å²) in [5.41, 5.74) is 4.39. The average Bonchev–Trinajstić information content (AvgIpc) is 2.76. The predicted octanol–water partition coefficient (Wildman–Crippen LogP) is 6.24. The maximum Gasteiger partial charge on any atom is 0.160 e. The molecule has 4 aromatic rings. The van der Waals surface area contributed by atoms with Crippen molar-refractivity contribution in [2.45, 2.75) is 13.8 Å². The first-order valence-corrected chi connectivity index (χ1v) is 9.29. The molecule has 0 radical (unpaired) electrons. The molecule has 3 aromatic carbocycles. The third-order valence-corrected chi connectivity index (χ3v) is 4.83. The number of aldehydes is 1. The fourth-order valence-corrected chi connectivity index (χ4v) is 3.41. The standard InChI is InChI=1S/C25H20N2O/c1-3-7-18(4-2)25-26-23(20-12-10-17(16-28)11-13-20)22-15-14-19-8-5-6-9-21(19)24(22)27-25/h3-16H,1-2H3/b7-3-,18-4+. The van der Waals surface area contributed by atoms with E-state index >= 15 is 0 Å². The smallest absolute Gasteiger partial charge is 0.160 e. The van der Waals surface area contributed by atoms with Gasteiger partial charge in [-0.2, -0.15) is 0 Å². The second-order valence-corrected chi connectivity index (χ2v) is 6.56. The SMILES string of the molecule is C/C=C\C(=C/C)c1nc(-c2ccc(C=O)cc2)c2ccc3ccccc3c2n1. The van der Waals surface area contributed by atoms with Crippen LogP contribution in [0.1, 0.15) is 30.0 Å². The quantitative estimate of drug-likeness (QED) is 0.244. The molecular weight excluding hydrogens is 344 g/mol. The summed E-state index contributed by atoms with van der Waals surface area (Å²) in [5, 5.41) is 3.25. The van der Waals surface area contributed by atoms with Crippen LogP contribution in [0.15, 0.2) is 78.9 Å². The Kier molecular flexibility index (Phi) is 4.81. The van der Waals surface area contributed by atoms with Crippen molar-refractivity contribution in [3.63, 3.8) is 0 Å². The Balaban J connectivity index is 2.08. The van der Waals surface area contributed by atoms with E-state index in [9.17, 15) is 4.79 Å². The number of aromatic nitrogens is 2. The van der Waals surface area contributed by atoms with Crippen LogP contribution in [0.25, 0.3) is 38.5 Å². The summed E-state index contributed by atoms with van der Waals surface area (Å²) in [7, 11) is 0. The first-order chi connectivity index (χ1) is 13.7. The summed E-state index contributed by atoms with van der Waals surface area (Å²) in [6.45, 7) is 3.98. The molecule has 136 valence electrons. The molecule has 1 aromatic heterocycles. The average molecular weight is 364 g/mol. The van der Waals surface area contributed by atoms with Gasteiger partial charge < -0.3 is 0 Å². The first-order valence-electron chi connectivity index (χ1n) is 9.29. The topological polar surface area (TPSA) is 42.9 Å². The van der Waals surface area contributed by atoms with Gasteiger partial charge in [-0.05, 0) is 25.3 Å². The van der Waals surface area contributed by atoms with E-state index in [4.69, 9.17) is 9.97 Å². The second kappa shape index (κ2) is 7.57. The van der Waals surface area contributed by atoms with Gasteiger partial charge in [-0.25, -0.2) is 9.97 Å². The number of benzene rings is 3. The Morgan fingerprint density at radius 2 is 1.64 bits per heavy atom. The first kappa shape index (κ1) is 17.8. The number of carbonyl (C=O) groups is 1.